The lowest BCUT2D eigenvalue weighted by atomic mass is 9.97. The Morgan fingerprint density at radius 1 is 1.25 bits per heavy atom. The van der Waals surface area contributed by atoms with Crippen LogP contribution in [0.3, 0.4) is 0 Å². The molecule has 1 aromatic heterocycles. The highest BCUT2D eigenvalue weighted by atomic mass is 16.5. The number of aromatic nitrogens is 2. The Morgan fingerprint density at radius 2 is 1.90 bits per heavy atom. The smallest absolute Gasteiger partial charge is 0.316 e. The van der Waals surface area contributed by atoms with E-state index in [0.717, 1.165) is 5.56 Å². The lowest BCUT2D eigenvalue weighted by molar-refractivity contribution is 0.227. The number of nitrogens with zero attached hydrogens (tertiary/aromatic N) is 3. The Labute approximate surface area is 121 Å². The van der Waals surface area contributed by atoms with E-state index in [1.807, 2.05) is 26.2 Å². The van der Waals surface area contributed by atoms with Crippen molar-refractivity contribution in [3.05, 3.63) is 24.0 Å². The van der Waals surface area contributed by atoms with Gasteiger partial charge in [0.05, 0.1) is 7.11 Å². The summed E-state index contributed by atoms with van der Waals surface area (Å²) in [6.45, 7) is 9.70. The van der Waals surface area contributed by atoms with Gasteiger partial charge in [-0.15, -0.1) is 0 Å². The monoisotopic (exact) mass is 275 g/mol. The highest BCUT2D eigenvalue weighted by Gasteiger charge is 2.40. The normalized spacial score (nSPS) is 24.4. The van der Waals surface area contributed by atoms with E-state index in [4.69, 9.17) is 4.74 Å². The van der Waals surface area contributed by atoms with Crippen LogP contribution in [0.15, 0.2) is 18.5 Å². The van der Waals surface area contributed by atoms with Crippen LogP contribution in [0.25, 0.3) is 5.57 Å². The number of hydrogen-bond acceptors (Lipinski definition) is 4. The molecule has 1 aliphatic heterocycles. The molecule has 2 heterocycles. The van der Waals surface area contributed by atoms with Gasteiger partial charge in [0.25, 0.3) is 0 Å². The third-order valence-electron chi connectivity index (χ3n) is 4.00. The van der Waals surface area contributed by atoms with Gasteiger partial charge in [-0.2, -0.15) is 0 Å². The molecule has 1 saturated heterocycles. The molecule has 2 atom stereocenters. The van der Waals surface area contributed by atoms with Crippen LogP contribution in [0.4, 0.5) is 0 Å². The Bertz CT molecular complexity index is 467. The van der Waals surface area contributed by atoms with E-state index in [1.165, 1.54) is 18.5 Å². The number of rotatable bonds is 3. The van der Waals surface area contributed by atoms with E-state index >= 15 is 0 Å². The van der Waals surface area contributed by atoms with E-state index in [2.05, 4.69) is 34.8 Å². The molecule has 0 amide bonds. The van der Waals surface area contributed by atoms with Crippen molar-refractivity contribution in [1.29, 1.82) is 0 Å². The van der Waals surface area contributed by atoms with E-state index in [1.54, 1.807) is 7.11 Å². The topological polar surface area (TPSA) is 38.2 Å². The maximum Gasteiger partial charge on any atom is 0.316 e. The van der Waals surface area contributed by atoms with Crippen LogP contribution in [-0.4, -0.2) is 40.6 Å². The molecule has 0 N–H and O–H groups in total. The van der Waals surface area contributed by atoms with Gasteiger partial charge in [0.2, 0.25) is 0 Å². The van der Waals surface area contributed by atoms with Gasteiger partial charge in [-0.25, -0.2) is 9.97 Å². The van der Waals surface area contributed by atoms with Crippen LogP contribution in [0.2, 0.25) is 0 Å². The average molecular weight is 275 g/mol. The van der Waals surface area contributed by atoms with Gasteiger partial charge >= 0.3 is 6.01 Å². The van der Waals surface area contributed by atoms with Gasteiger partial charge in [0, 0.05) is 36.6 Å². The molecule has 1 aliphatic carbocycles. The SMILES string of the molecule is CC.COc1ncc(C2=CC3CC2CN3C(C)C)cn1. The molecule has 0 spiro atoms. The first-order valence-corrected chi connectivity index (χ1v) is 7.53. The fraction of sp³-hybridized carbons (Fsp3) is 0.625. The van der Waals surface area contributed by atoms with Crippen molar-refractivity contribution in [3.8, 4) is 6.01 Å². The van der Waals surface area contributed by atoms with Crippen LogP contribution < -0.4 is 4.74 Å². The number of fused-ring (bicyclic) bond motifs is 2. The van der Waals surface area contributed by atoms with Crippen molar-refractivity contribution in [1.82, 2.24) is 14.9 Å². The van der Waals surface area contributed by atoms with Crippen molar-refractivity contribution in [3.63, 3.8) is 0 Å². The summed E-state index contributed by atoms with van der Waals surface area (Å²) in [6, 6.07) is 1.67. The van der Waals surface area contributed by atoms with Gasteiger partial charge < -0.3 is 4.74 Å². The summed E-state index contributed by atoms with van der Waals surface area (Å²) >= 11 is 0. The summed E-state index contributed by atoms with van der Waals surface area (Å²) < 4.78 is 4.99. The van der Waals surface area contributed by atoms with Crippen LogP contribution in [-0.2, 0) is 0 Å². The molecular formula is C16H25N3O. The Balaban J connectivity index is 0.000000704. The molecule has 3 rings (SSSR count). The maximum atomic E-state index is 4.99. The molecule has 4 nitrogen and oxygen atoms in total. The maximum absolute atomic E-state index is 4.99. The third kappa shape index (κ3) is 2.70. The first kappa shape index (κ1) is 15.0. The molecule has 0 saturated carbocycles. The summed E-state index contributed by atoms with van der Waals surface area (Å²) in [5.41, 5.74) is 2.56. The molecule has 0 radical (unpaired) electrons. The molecule has 1 fully saturated rings. The lowest BCUT2D eigenvalue weighted by Crippen LogP contribution is -2.36. The first-order chi connectivity index (χ1) is 9.69. The van der Waals surface area contributed by atoms with E-state index in [-0.39, 0.29) is 0 Å². The van der Waals surface area contributed by atoms with Gasteiger partial charge in [-0.05, 0) is 31.8 Å². The second-order valence-electron chi connectivity index (χ2n) is 5.37. The molecule has 0 aromatic carbocycles. The second-order valence-corrected chi connectivity index (χ2v) is 5.37. The van der Waals surface area contributed by atoms with Crippen molar-refractivity contribution in [2.45, 2.75) is 46.2 Å². The summed E-state index contributed by atoms with van der Waals surface area (Å²) in [4.78, 5) is 11.0. The third-order valence-corrected chi connectivity index (χ3v) is 4.00. The minimum Gasteiger partial charge on any atom is -0.467 e. The molecular weight excluding hydrogens is 250 g/mol. The fourth-order valence-corrected chi connectivity index (χ4v) is 3.12. The molecule has 2 unspecified atom stereocenters. The van der Waals surface area contributed by atoms with Crippen LogP contribution >= 0.6 is 0 Å². The van der Waals surface area contributed by atoms with Gasteiger partial charge in [0.1, 0.15) is 0 Å². The Hall–Kier alpha value is -1.42. The largest absolute Gasteiger partial charge is 0.467 e. The number of likely N-dealkylation sites (tertiary alicyclic amines) is 1. The second kappa shape index (κ2) is 6.35. The van der Waals surface area contributed by atoms with E-state index in [0.29, 0.717) is 24.0 Å². The molecule has 4 heteroatoms. The summed E-state index contributed by atoms with van der Waals surface area (Å²) in [5.74, 6) is 0.648. The quantitative estimate of drug-likeness (QED) is 0.850. The Morgan fingerprint density at radius 3 is 2.35 bits per heavy atom. The zero-order valence-electron chi connectivity index (χ0n) is 13.1. The highest BCUT2D eigenvalue weighted by Crippen LogP contribution is 2.42. The molecule has 20 heavy (non-hydrogen) atoms. The summed E-state index contributed by atoms with van der Waals surface area (Å²) in [6.07, 6.45) is 7.38. The van der Waals surface area contributed by atoms with E-state index in [9.17, 15) is 0 Å². The van der Waals surface area contributed by atoms with Crippen molar-refractivity contribution in [2.75, 3.05) is 13.7 Å². The highest BCUT2D eigenvalue weighted by molar-refractivity contribution is 5.70. The molecule has 1 aromatic rings. The zero-order valence-corrected chi connectivity index (χ0v) is 13.1. The Kier molecular flexibility index (Phi) is 4.76. The standard InChI is InChI=1S/C14H19N3O.C2H6/c1-9(2)17-8-10-4-12(17)5-13(10)11-6-15-14(18-3)16-7-11;1-2/h5-7,9-10,12H,4,8H2,1-3H3;1-2H3. The lowest BCUT2D eigenvalue weighted by Gasteiger charge is -2.29. The van der Waals surface area contributed by atoms with Gasteiger partial charge in [-0.3, -0.25) is 4.90 Å². The van der Waals surface area contributed by atoms with Crippen molar-refractivity contribution < 1.29 is 4.74 Å². The van der Waals surface area contributed by atoms with Gasteiger partial charge in [0.15, 0.2) is 0 Å². The van der Waals surface area contributed by atoms with Crippen LogP contribution in [0, 0.1) is 5.92 Å². The minimum atomic E-state index is 0.436. The fourth-order valence-electron chi connectivity index (χ4n) is 3.12. The average Bonchev–Trinajstić information content (AvgIpc) is 3.09. The number of ether oxygens (including phenoxy) is 1. The number of methoxy groups -OCH3 is 1. The molecule has 2 bridgehead atoms. The van der Waals surface area contributed by atoms with Crippen molar-refractivity contribution >= 4 is 5.57 Å². The van der Waals surface area contributed by atoms with Crippen molar-refractivity contribution in [2.24, 2.45) is 5.92 Å². The zero-order chi connectivity index (χ0) is 14.7. The molecule has 110 valence electrons. The first-order valence-electron chi connectivity index (χ1n) is 7.53. The molecule has 2 aliphatic rings. The number of hydrogen-bond donors (Lipinski definition) is 0. The van der Waals surface area contributed by atoms with Crippen LogP contribution in [0.5, 0.6) is 6.01 Å². The van der Waals surface area contributed by atoms with Crippen LogP contribution in [0.1, 0.15) is 39.7 Å². The minimum absolute atomic E-state index is 0.436. The predicted octanol–water partition coefficient (Wildman–Crippen LogP) is 3.01. The van der Waals surface area contributed by atoms with E-state index < -0.39 is 0 Å². The summed E-state index contributed by atoms with van der Waals surface area (Å²) in [7, 11) is 1.59. The predicted molar refractivity (Wildman–Crippen MR) is 81.6 cm³/mol. The van der Waals surface area contributed by atoms with Gasteiger partial charge in [-0.1, -0.05) is 19.9 Å². The summed E-state index contributed by atoms with van der Waals surface area (Å²) in [5, 5.41) is 0.